The third kappa shape index (κ3) is 3.50. The van der Waals surface area contributed by atoms with Crippen LogP contribution < -0.4 is 10.2 Å². The van der Waals surface area contributed by atoms with Gasteiger partial charge in [-0.2, -0.15) is 5.10 Å². The van der Waals surface area contributed by atoms with E-state index in [1.165, 1.54) is 12.8 Å². The quantitative estimate of drug-likeness (QED) is 0.641. The molecular weight excluding hydrogens is 400 g/mol. The van der Waals surface area contributed by atoms with E-state index in [0.29, 0.717) is 23.4 Å². The minimum absolute atomic E-state index is 0.159. The first-order chi connectivity index (χ1) is 14.3. The molecule has 2 unspecified atom stereocenters. The van der Waals surface area contributed by atoms with Gasteiger partial charge in [-0.05, 0) is 45.2 Å². The number of anilines is 3. The summed E-state index contributed by atoms with van der Waals surface area (Å²) in [5.41, 5.74) is 3.19. The van der Waals surface area contributed by atoms with Gasteiger partial charge < -0.3 is 15.3 Å². The summed E-state index contributed by atoms with van der Waals surface area (Å²) in [5.74, 6) is 0.704. The summed E-state index contributed by atoms with van der Waals surface area (Å²) in [7, 11) is 0. The maximum absolute atomic E-state index is 10.5. The van der Waals surface area contributed by atoms with E-state index < -0.39 is 5.60 Å². The highest BCUT2D eigenvalue weighted by Crippen LogP contribution is 2.38. The third-order valence-corrected chi connectivity index (χ3v) is 6.92. The molecule has 0 amide bonds. The molecule has 1 saturated carbocycles. The highest BCUT2D eigenvalue weighted by atomic mass is 35.5. The van der Waals surface area contributed by atoms with Crippen LogP contribution in [0.15, 0.2) is 24.5 Å². The molecule has 5 rings (SSSR count). The van der Waals surface area contributed by atoms with Gasteiger partial charge in [-0.3, -0.25) is 4.68 Å². The highest BCUT2D eigenvalue weighted by Gasteiger charge is 2.35. The summed E-state index contributed by atoms with van der Waals surface area (Å²) in [6.07, 6.45) is 6.74. The lowest BCUT2D eigenvalue weighted by Gasteiger charge is -2.42. The van der Waals surface area contributed by atoms with E-state index in [-0.39, 0.29) is 5.92 Å². The molecule has 2 fully saturated rings. The van der Waals surface area contributed by atoms with E-state index in [1.54, 1.807) is 6.20 Å². The zero-order valence-electron chi connectivity index (χ0n) is 17.6. The molecule has 2 N–H and O–H groups in total. The van der Waals surface area contributed by atoms with Gasteiger partial charge in [0, 0.05) is 30.6 Å². The molecule has 158 valence electrons. The number of rotatable bonds is 4. The van der Waals surface area contributed by atoms with E-state index >= 15 is 0 Å². The van der Waals surface area contributed by atoms with Crippen LogP contribution in [0.2, 0.25) is 5.02 Å². The average molecular weight is 427 g/mol. The van der Waals surface area contributed by atoms with Gasteiger partial charge in [0.2, 0.25) is 5.95 Å². The van der Waals surface area contributed by atoms with Crippen molar-refractivity contribution in [2.75, 3.05) is 23.3 Å². The first-order valence-electron chi connectivity index (χ1n) is 10.6. The smallest absolute Gasteiger partial charge is 0.227 e. The van der Waals surface area contributed by atoms with Crippen molar-refractivity contribution < 1.29 is 5.11 Å². The number of aromatic nitrogens is 4. The SMILES string of the molecule is Cc1c(Nc2ncc3cc(Cl)c(N4CCC(C)(O)C(C)C4)cc3n2)cnn1C1CC1. The molecule has 8 heteroatoms. The fourth-order valence-electron chi connectivity index (χ4n) is 4.14. The van der Waals surface area contributed by atoms with Gasteiger partial charge >= 0.3 is 0 Å². The van der Waals surface area contributed by atoms with Crippen molar-refractivity contribution in [3.8, 4) is 0 Å². The summed E-state index contributed by atoms with van der Waals surface area (Å²) in [6.45, 7) is 7.58. The van der Waals surface area contributed by atoms with Crippen LogP contribution in [0, 0.1) is 12.8 Å². The average Bonchev–Trinajstić information content (AvgIpc) is 3.48. The Morgan fingerprint density at radius 3 is 2.80 bits per heavy atom. The molecule has 0 radical (unpaired) electrons. The number of fused-ring (bicyclic) bond motifs is 1. The largest absolute Gasteiger partial charge is 0.390 e. The second kappa shape index (κ2) is 7.10. The van der Waals surface area contributed by atoms with Crippen molar-refractivity contribution in [1.29, 1.82) is 0 Å². The topological polar surface area (TPSA) is 79.1 Å². The van der Waals surface area contributed by atoms with Crippen LogP contribution in [0.4, 0.5) is 17.3 Å². The number of benzene rings is 1. The zero-order chi connectivity index (χ0) is 21.0. The fraction of sp³-hybridized carbons (Fsp3) is 0.500. The lowest BCUT2D eigenvalue weighted by molar-refractivity contribution is -0.00933. The van der Waals surface area contributed by atoms with Gasteiger partial charge in [0.1, 0.15) is 0 Å². The number of nitrogens with one attached hydrogen (secondary N) is 1. The molecule has 0 spiro atoms. The van der Waals surface area contributed by atoms with Gasteiger partial charge in [-0.1, -0.05) is 18.5 Å². The monoisotopic (exact) mass is 426 g/mol. The standard InChI is InChI=1S/C22H27ClN6O/c1-13-12-28(7-6-22(13,3)30)20-9-18-15(8-17(20)23)10-24-21(26-18)27-19-11-25-29(14(19)2)16-4-5-16/h8-11,13,16,30H,4-7,12H2,1-3H3,(H,24,26,27). The second-order valence-corrected chi connectivity index (χ2v) is 9.36. The molecule has 30 heavy (non-hydrogen) atoms. The van der Waals surface area contributed by atoms with Crippen LogP contribution in [0.1, 0.15) is 44.8 Å². The molecule has 0 bridgehead atoms. The normalized spacial score (nSPS) is 24.4. The van der Waals surface area contributed by atoms with Gasteiger partial charge in [0.05, 0.1) is 45.4 Å². The maximum Gasteiger partial charge on any atom is 0.227 e. The first-order valence-corrected chi connectivity index (χ1v) is 10.9. The molecule has 3 heterocycles. The number of piperidine rings is 1. The zero-order valence-corrected chi connectivity index (χ0v) is 18.3. The molecule has 2 aromatic heterocycles. The molecule has 3 aromatic rings. The number of hydrogen-bond donors (Lipinski definition) is 2. The Labute approximate surface area is 181 Å². The van der Waals surface area contributed by atoms with Crippen molar-refractivity contribution in [1.82, 2.24) is 19.7 Å². The summed E-state index contributed by atoms with van der Waals surface area (Å²) < 4.78 is 2.08. The van der Waals surface area contributed by atoms with Crippen molar-refractivity contribution >= 4 is 39.8 Å². The van der Waals surface area contributed by atoms with Crippen molar-refractivity contribution in [2.24, 2.45) is 5.92 Å². The van der Waals surface area contributed by atoms with Crippen molar-refractivity contribution in [2.45, 2.75) is 51.7 Å². The molecule has 1 aliphatic carbocycles. The Balaban J connectivity index is 1.43. The van der Waals surface area contributed by atoms with Crippen LogP contribution in [0.3, 0.4) is 0 Å². The Morgan fingerprint density at radius 2 is 2.07 bits per heavy atom. The van der Waals surface area contributed by atoms with Crippen LogP contribution in [-0.4, -0.2) is 43.5 Å². The Kier molecular flexibility index (Phi) is 4.63. The third-order valence-electron chi connectivity index (χ3n) is 6.62. The van der Waals surface area contributed by atoms with E-state index in [1.807, 2.05) is 25.3 Å². The van der Waals surface area contributed by atoms with Crippen molar-refractivity contribution in [3.05, 3.63) is 35.2 Å². The van der Waals surface area contributed by atoms with Gasteiger partial charge in [-0.15, -0.1) is 0 Å². The Morgan fingerprint density at radius 1 is 1.27 bits per heavy atom. The molecule has 1 aliphatic heterocycles. The fourth-order valence-corrected chi connectivity index (χ4v) is 4.43. The van der Waals surface area contributed by atoms with E-state index in [9.17, 15) is 5.11 Å². The number of nitrogens with zero attached hydrogens (tertiary/aromatic N) is 5. The van der Waals surface area contributed by atoms with Crippen LogP contribution in [0.5, 0.6) is 0 Å². The molecule has 1 aromatic carbocycles. The van der Waals surface area contributed by atoms with E-state index in [2.05, 4.69) is 38.8 Å². The van der Waals surface area contributed by atoms with Crippen LogP contribution in [0.25, 0.3) is 10.9 Å². The lowest BCUT2D eigenvalue weighted by Crippen LogP contribution is -2.49. The minimum Gasteiger partial charge on any atom is -0.390 e. The predicted octanol–water partition coefficient (Wildman–Crippen LogP) is 4.46. The summed E-state index contributed by atoms with van der Waals surface area (Å²) in [6, 6.07) is 4.48. The van der Waals surface area contributed by atoms with E-state index in [0.717, 1.165) is 41.1 Å². The summed E-state index contributed by atoms with van der Waals surface area (Å²) in [5, 5.41) is 19.9. The number of aliphatic hydroxyl groups is 1. The molecule has 2 atom stereocenters. The first kappa shape index (κ1) is 19.6. The second-order valence-electron chi connectivity index (χ2n) is 8.95. The van der Waals surface area contributed by atoms with Crippen LogP contribution >= 0.6 is 11.6 Å². The molecular formula is C22H27ClN6O. The summed E-state index contributed by atoms with van der Waals surface area (Å²) in [4.78, 5) is 11.4. The molecule has 7 nitrogen and oxygen atoms in total. The van der Waals surface area contributed by atoms with Gasteiger partial charge in [-0.25, -0.2) is 9.97 Å². The molecule has 1 saturated heterocycles. The van der Waals surface area contributed by atoms with E-state index in [4.69, 9.17) is 16.6 Å². The Bertz CT molecular complexity index is 1110. The lowest BCUT2D eigenvalue weighted by atomic mass is 9.84. The van der Waals surface area contributed by atoms with Gasteiger partial charge in [0.25, 0.3) is 0 Å². The summed E-state index contributed by atoms with van der Waals surface area (Å²) >= 11 is 6.60. The Hall–Kier alpha value is -2.38. The predicted molar refractivity (Wildman–Crippen MR) is 120 cm³/mol. The maximum atomic E-state index is 10.5. The number of hydrogen-bond acceptors (Lipinski definition) is 6. The number of halogens is 1. The molecule has 2 aliphatic rings. The minimum atomic E-state index is -0.637. The van der Waals surface area contributed by atoms with Crippen molar-refractivity contribution in [3.63, 3.8) is 0 Å². The van der Waals surface area contributed by atoms with Gasteiger partial charge in [0.15, 0.2) is 0 Å². The highest BCUT2D eigenvalue weighted by molar-refractivity contribution is 6.34. The van der Waals surface area contributed by atoms with Crippen LogP contribution in [-0.2, 0) is 0 Å².